The summed E-state index contributed by atoms with van der Waals surface area (Å²) in [7, 11) is 5.51. The Labute approximate surface area is 170 Å². The smallest absolute Gasteiger partial charge is 0.293 e. The van der Waals surface area contributed by atoms with E-state index in [-0.39, 0.29) is 23.7 Å². The first-order valence-corrected chi connectivity index (χ1v) is 9.53. The van der Waals surface area contributed by atoms with E-state index in [1.807, 2.05) is 43.3 Å². The van der Waals surface area contributed by atoms with Crippen molar-refractivity contribution in [3.05, 3.63) is 63.7 Å². The molecule has 1 amide bonds. The molecule has 2 aromatic carbocycles. The van der Waals surface area contributed by atoms with Crippen LogP contribution in [0.25, 0.3) is 0 Å². The molecule has 29 heavy (non-hydrogen) atoms. The number of nitrogens with zero attached hydrogens (tertiary/aromatic N) is 2. The van der Waals surface area contributed by atoms with Crippen LogP contribution in [0.5, 0.6) is 5.75 Å². The molecule has 0 aromatic heterocycles. The molecule has 2 aromatic rings. The highest BCUT2D eigenvalue weighted by Gasteiger charge is 2.26. The van der Waals surface area contributed by atoms with Crippen LogP contribution in [0.2, 0.25) is 0 Å². The van der Waals surface area contributed by atoms with E-state index in [0.717, 1.165) is 24.2 Å². The summed E-state index contributed by atoms with van der Waals surface area (Å²) in [6, 6.07) is 12.4. The highest BCUT2D eigenvalue weighted by molar-refractivity contribution is 5.96. The molecule has 3 rings (SSSR count). The van der Waals surface area contributed by atoms with Gasteiger partial charge >= 0.3 is 0 Å². The number of anilines is 1. The van der Waals surface area contributed by atoms with Gasteiger partial charge in [-0.3, -0.25) is 14.9 Å². The molecule has 1 saturated carbocycles. The number of para-hydroxylation sites is 1. The number of nitro groups is 1. The summed E-state index contributed by atoms with van der Waals surface area (Å²) in [4.78, 5) is 25.4. The van der Waals surface area contributed by atoms with E-state index in [1.54, 1.807) is 19.2 Å². The third-order valence-corrected chi connectivity index (χ3v) is 4.98. The van der Waals surface area contributed by atoms with E-state index in [4.69, 9.17) is 4.74 Å². The van der Waals surface area contributed by atoms with Crippen molar-refractivity contribution in [1.29, 1.82) is 0 Å². The number of amides is 1. The lowest BCUT2D eigenvalue weighted by atomic mass is 10.0. The summed E-state index contributed by atoms with van der Waals surface area (Å²) in [5, 5.41) is 17.6. The number of ether oxygens (including phenoxy) is 1. The summed E-state index contributed by atoms with van der Waals surface area (Å²) < 4.78 is 5.46. The molecule has 0 radical (unpaired) electrons. The number of benzene rings is 2. The topological polar surface area (TPSA) is 96.7 Å². The van der Waals surface area contributed by atoms with Crippen molar-refractivity contribution < 1.29 is 14.5 Å². The second-order valence-corrected chi connectivity index (χ2v) is 7.34. The van der Waals surface area contributed by atoms with Gasteiger partial charge < -0.3 is 20.3 Å². The molecule has 2 N–H and O–H groups in total. The van der Waals surface area contributed by atoms with Crippen LogP contribution in [0.4, 0.5) is 11.4 Å². The van der Waals surface area contributed by atoms with Gasteiger partial charge in [-0.05, 0) is 45.1 Å². The van der Waals surface area contributed by atoms with Gasteiger partial charge in [-0.1, -0.05) is 18.2 Å². The monoisotopic (exact) mass is 398 g/mol. The maximum atomic E-state index is 12.2. The van der Waals surface area contributed by atoms with Crippen LogP contribution in [-0.4, -0.2) is 49.5 Å². The minimum atomic E-state index is -0.468. The third-order valence-electron chi connectivity index (χ3n) is 4.98. The van der Waals surface area contributed by atoms with Crippen LogP contribution in [0.15, 0.2) is 42.5 Å². The van der Waals surface area contributed by atoms with Gasteiger partial charge in [0.2, 0.25) is 0 Å². The van der Waals surface area contributed by atoms with Crippen LogP contribution in [0.3, 0.4) is 0 Å². The van der Waals surface area contributed by atoms with Gasteiger partial charge in [-0.15, -0.1) is 0 Å². The van der Waals surface area contributed by atoms with Crippen molar-refractivity contribution in [1.82, 2.24) is 10.2 Å². The first kappa shape index (κ1) is 20.6. The van der Waals surface area contributed by atoms with Crippen LogP contribution >= 0.6 is 0 Å². The number of nitrogens with one attached hydrogen (secondary N) is 2. The lowest BCUT2D eigenvalue weighted by Crippen LogP contribution is -2.27. The zero-order valence-corrected chi connectivity index (χ0v) is 16.8. The van der Waals surface area contributed by atoms with E-state index in [2.05, 4.69) is 10.6 Å². The molecular weight excluding hydrogens is 372 g/mol. The number of carbonyl (C=O) groups is 1. The summed E-state index contributed by atoms with van der Waals surface area (Å²) in [5.41, 5.74) is 1.53. The molecule has 8 nitrogen and oxygen atoms in total. The number of hydrogen-bond donors (Lipinski definition) is 2. The number of nitro benzene ring substituents is 1. The van der Waals surface area contributed by atoms with Gasteiger partial charge in [0, 0.05) is 29.8 Å². The predicted molar refractivity (Wildman–Crippen MR) is 111 cm³/mol. The van der Waals surface area contributed by atoms with Crippen molar-refractivity contribution >= 4 is 17.3 Å². The number of likely N-dealkylation sites (N-methyl/N-ethyl adjacent to an activating group) is 1. The summed E-state index contributed by atoms with van der Waals surface area (Å²) in [6.07, 6.45) is 1.92. The highest BCUT2D eigenvalue weighted by atomic mass is 16.6. The molecule has 154 valence electrons. The van der Waals surface area contributed by atoms with Crippen LogP contribution < -0.4 is 15.4 Å². The predicted octanol–water partition coefficient (Wildman–Crippen LogP) is 3.21. The van der Waals surface area contributed by atoms with Gasteiger partial charge in [0.15, 0.2) is 0 Å². The molecular formula is C21H26N4O4. The molecule has 0 aliphatic heterocycles. The molecule has 0 saturated heterocycles. The van der Waals surface area contributed by atoms with E-state index >= 15 is 0 Å². The van der Waals surface area contributed by atoms with Gasteiger partial charge in [0.25, 0.3) is 11.6 Å². The molecule has 1 aliphatic carbocycles. The van der Waals surface area contributed by atoms with Crippen LogP contribution in [-0.2, 0) is 0 Å². The SMILES string of the molecule is COc1ccccc1C(CNc1ccc(C(=O)NC2CC2)cc1[N+](=O)[O-])N(C)C. The first-order chi connectivity index (χ1) is 13.9. The Kier molecular flexibility index (Phi) is 6.33. The zero-order valence-electron chi connectivity index (χ0n) is 16.8. The average molecular weight is 398 g/mol. The fourth-order valence-electron chi connectivity index (χ4n) is 3.19. The average Bonchev–Trinajstić information content (AvgIpc) is 3.52. The lowest BCUT2D eigenvalue weighted by Gasteiger charge is -2.27. The summed E-state index contributed by atoms with van der Waals surface area (Å²) >= 11 is 0. The molecule has 0 spiro atoms. The number of methoxy groups -OCH3 is 1. The Morgan fingerprint density at radius 2 is 2.00 bits per heavy atom. The normalized spacial score (nSPS) is 14.3. The zero-order chi connectivity index (χ0) is 21.0. The Balaban J connectivity index is 1.80. The number of hydrogen-bond acceptors (Lipinski definition) is 6. The quantitative estimate of drug-likeness (QED) is 0.497. The Morgan fingerprint density at radius 1 is 1.28 bits per heavy atom. The van der Waals surface area contributed by atoms with Crippen LogP contribution in [0, 0.1) is 10.1 Å². The maximum Gasteiger partial charge on any atom is 0.293 e. The molecule has 1 fully saturated rings. The molecule has 1 unspecified atom stereocenters. The Bertz CT molecular complexity index is 896. The fourth-order valence-corrected chi connectivity index (χ4v) is 3.19. The molecule has 1 aliphatic rings. The van der Waals surface area contributed by atoms with Crippen molar-refractivity contribution in [2.75, 3.05) is 33.1 Å². The molecule has 0 bridgehead atoms. The highest BCUT2D eigenvalue weighted by Crippen LogP contribution is 2.31. The minimum absolute atomic E-state index is 0.0661. The molecule has 1 atom stereocenters. The van der Waals surface area contributed by atoms with Gasteiger partial charge in [0.05, 0.1) is 18.1 Å². The second kappa shape index (κ2) is 8.91. The standard InChI is InChI=1S/C21H26N4O4/c1-24(2)19(16-6-4-5-7-20(16)29-3)13-22-17-11-8-14(12-18(17)25(27)28)21(26)23-15-9-10-15/h4-8,11-12,15,19,22H,9-10,13H2,1-3H3,(H,23,26). The van der Waals surface area contributed by atoms with E-state index < -0.39 is 4.92 Å². The minimum Gasteiger partial charge on any atom is -0.496 e. The Morgan fingerprint density at radius 3 is 2.62 bits per heavy atom. The Hall–Kier alpha value is -3.13. The van der Waals surface area contributed by atoms with Crippen molar-refractivity contribution in [2.24, 2.45) is 0 Å². The van der Waals surface area contributed by atoms with E-state index in [9.17, 15) is 14.9 Å². The van der Waals surface area contributed by atoms with Crippen LogP contribution in [0.1, 0.15) is 34.8 Å². The fraction of sp³-hybridized carbons (Fsp3) is 0.381. The number of carbonyl (C=O) groups excluding carboxylic acids is 1. The van der Waals surface area contributed by atoms with Gasteiger partial charge in [-0.25, -0.2) is 0 Å². The largest absolute Gasteiger partial charge is 0.496 e. The van der Waals surface area contributed by atoms with Crippen molar-refractivity contribution in [3.63, 3.8) is 0 Å². The second-order valence-electron chi connectivity index (χ2n) is 7.34. The van der Waals surface area contributed by atoms with Gasteiger partial charge in [-0.2, -0.15) is 0 Å². The molecule has 0 heterocycles. The summed E-state index contributed by atoms with van der Waals surface area (Å²) in [6.45, 7) is 0.432. The maximum absolute atomic E-state index is 12.2. The van der Waals surface area contributed by atoms with Crippen molar-refractivity contribution in [2.45, 2.75) is 24.9 Å². The lowest BCUT2D eigenvalue weighted by molar-refractivity contribution is -0.384. The third kappa shape index (κ3) is 5.03. The molecule has 8 heteroatoms. The van der Waals surface area contributed by atoms with Crippen molar-refractivity contribution in [3.8, 4) is 5.75 Å². The van der Waals surface area contributed by atoms with E-state index in [1.165, 1.54) is 6.07 Å². The van der Waals surface area contributed by atoms with Gasteiger partial charge in [0.1, 0.15) is 11.4 Å². The summed E-state index contributed by atoms with van der Waals surface area (Å²) in [5.74, 6) is 0.483. The number of rotatable bonds is 9. The first-order valence-electron chi connectivity index (χ1n) is 9.53. The van der Waals surface area contributed by atoms with E-state index in [0.29, 0.717) is 17.8 Å².